The van der Waals surface area contributed by atoms with Gasteiger partial charge in [0.15, 0.2) is 5.75 Å². The van der Waals surface area contributed by atoms with Gasteiger partial charge < -0.3 is 4.74 Å². The second-order valence-electron chi connectivity index (χ2n) is 4.16. The number of rotatable bonds is 3. The van der Waals surface area contributed by atoms with Crippen LogP contribution >= 0.6 is 11.6 Å². The second-order valence-corrected chi connectivity index (χ2v) is 4.59. The fourth-order valence-electron chi connectivity index (χ4n) is 1.76. The van der Waals surface area contributed by atoms with E-state index in [0.29, 0.717) is 16.5 Å². The summed E-state index contributed by atoms with van der Waals surface area (Å²) in [5, 5.41) is 4.84. The largest absolute Gasteiger partial charge is 0.454 e. The van der Waals surface area contributed by atoms with Gasteiger partial charge in [-0.05, 0) is 42.5 Å². The minimum Gasteiger partial charge on any atom is -0.454 e. The number of benzene rings is 2. The Bertz CT molecular complexity index is 725. The molecule has 0 amide bonds. The number of halogens is 2. The average Bonchev–Trinajstić information content (AvgIpc) is 2.90. The molecular formula is C15H10ClFN2O. The van der Waals surface area contributed by atoms with Crippen molar-refractivity contribution in [3.05, 3.63) is 71.8 Å². The van der Waals surface area contributed by atoms with Crippen LogP contribution in [0.3, 0.4) is 0 Å². The van der Waals surface area contributed by atoms with Gasteiger partial charge in [-0.15, -0.1) is 0 Å². The van der Waals surface area contributed by atoms with Gasteiger partial charge in [0, 0.05) is 5.02 Å². The molecule has 2 aromatic carbocycles. The van der Waals surface area contributed by atoms with E-state index in [-0.39, 0.29) is 5.82 Å². The quantitative estimate of drug-likeness (QED) is 0.711. The van der Waals surface area contributed by atoms with Crippen LogP contribution in [0.2, 0.25) is 5.02 Å². The van der Waals surface area contributed by atoms with Crippen molar-refractivity contribution in [2.45, 2.75) is 0 Å². The molecule has 3 aromatic rings. The summed E-state index contributed by atoms with van der Waals surface area (Å²) in [7, 11) is 0. The Morgan fingerprint density at radius 3 is 2.60 bits per heavy atom. The highest BCUT2D eigenvalue weighted by Crippen LogP contribution is 2.22. The van der Waals surface area contributed by atoms with Gasteiger partial charge in [0.2, 0.25) is 0 Å². The third-order valence-electron chi connectivity index (χ3n) is 2.68. The molecule has 1 heterocycles. The fourth-order valence-corrected chi connectivity index (χ4v) is 1.94. The summed E-state index contributed by atoms with van der Waals surface area (Å²) in [6, 6.07) is 13.1. The van der Waals surface area contributed by atoms with E-state index in [1.54, 1.807) is 41.3 Å². The van der Waals surface area contributed by atoms with Crippen LogP contribution in [0.4, 0.5) is 4.39 Å². The van der Waals surface area contributed by atoms with Gasteiger partial charge in [0.1, 0.15) is 11.6 Å². The maximum absolute atomic E-state index is 12.8. The van der Waals surface area contributed by atoms with Gasteiger partial charge in [-0.25, -0.2) is 9.07 Å². The Balaban J connectivity index is 1.82. The molecule has 0 saturated heterocycles. The molecule has 100 valence electrons. The van der Waals surface area contributed by atoms with Gasteiger partial charge in [0.25, 0.3) is 0 Å². The predicted octanol–water partition coefficient (Wildman–Crippen LogP) is 4.46. The van der Waals surface area contributed by atoms with Crippen LogP contribution in [-0.2, 0) is 0 Å². The molecule has 0 bridgehead atoms. The van der Waals surface area contributed by atoms with Gasteiger partial charge >= 0.3 is 0 Å². The molecule has 0 aliphatic heterocycles. The Labute approximate surface area is 120 Å². The van der Waals surface area contributed by atoms with E-state index in [1.807, 2.05) is 12.1 Å². The van der Waals surface area contributed by atoms with Crippen LogP contribution < -0.4 is 4.74 Å². The molecule has 3 rings (SSSR count). The number of aromatic nitrogens is 2. The lowest BCUT2D eigenvalue weighted by atomic mass is 10.3. The summed E-state index contributed by atoms with van der Waals surface area (Å²) in [5.41, 5.74) is 0.839. The maximum Gasteiger partial charge on any atom is 0.165 e. The number of nitrogens with zero attached hydrogens (tertiary/aromatic N) is 2. The molecule has 3 nitrogen and oxygen atoms in total. The molecular weight excluding hydrogens is 279 g/mol. The average molecular weight is 289 g/mol. The Morgan fingerprint density at radius 1 is 1.05 bits per heavy atom. The first kappa shape index (κ1) is 12.7. The van der Waals surface area contributed by atoms with Crippen molar-refractivity contribution in [3.8, 4) is 17.2 Å². The third kappa shape index (κ3) is 2.81. The van der Waals surface area contributed by atoms with Gasteiger partial charge in [0.05, 0.1) is 18.1 Å². The van der Waals surface area contributed by atoms with Crippen LogP contribution in [0, 0.1) is 5.82 Å². The van der Waals surface area contributed by atoms with Crippen LogP contribution in [0.25, 0.3) is 5.69 Å². The first-order chi connectivity index (χ1) is 9.70. The van der Waals surface area contributed by atoms with Crippen molar-refractivity contribution in [1.29, 1.82) is 0 Å². The molecule has 0 aliphatic rings. The summed E-state index contributed by atoms with van der Waals surface area (Å²) in [4.78, 5) is 0. The third-order valence-corrected chi connectivity index (χ3v) is 2.92. The van der Waals surface area contributed by atoms with E-state index >= 15 is 0 Å². The highest BCUT2D eigenvalue weighted by molar-refractivity contribution is 6.30. The molecule has 0 unspecified atom stereocenters. The minimum atomic E-state index is -0.299. The molecule has 0 radical (unpaired) electrons. The van der Waals surface area contributed by atoms with Crippen LogP contribution in [0.15, 0.2) is 60.9 Å². The number of hydrogen-bond acceptors (Lipinski definition) is 2. The van der Waals surface area contributed by atoms with Gasteiger partial charge in [-0.2, -0.15) is 5.10 Å². The normalized spacial score (nSPS) is 10.5. The standard InChI is InChI=1S/C15H10ClFN2O/c16-11-2-1-3-13(8-11)19-10-15(9-18-19)20-14-6-4-12(17)5-7-14/h1-10H. The van der Waals surface area contributed by atoms with Crippen molar-refractivity contribution in [2.24, 2.45) is 0 Å². The monoisotopic (exact) mass is 288 g/mol. The second kappa shape index (κ2) is 5.35. The first-order valence-electron chi connectivity index (χ1n) is 5.95. The van der Waals surface area contributed by atoms with E-state index < -0.39 is 0 Å². The lowest BCUT2D eigenvalue weighted by Crippen LogP contribution is -1.93. The molecule has 0 atom stereocenters. The molecule has 1 aromatic heterocycles. The van der Waals surface area contributed by atoms with Crippen LogP contribution in [0.1, 0.15) is 0 Å². The number of hydrogen-bond donors (Lipinski definition) is 0. The van der Waals surface area contributed by atoms with Crippen molar-refractivity contribution in [1.82, 2.24) is 9.78 Å². The Kier molecular flexibility index (Phi) is 3.39. The smallest absolute Gasteiger partial charge is 0.165 e. The van der Waals surface area contributed by atoms with E-state index in [1.165, 1.54) is 12.1 Å². The fraction of sp³-hybridized carbons (Fsp3) is 0. The highest BCUT2D eigenvalue weighted by atomic mass is 35.5. The molecule has 0 fully saturated rings. The molecule has 0 aliphatic carbocycles. The zero-order valence-corrected chi connectivity index (χ0v) is 11.1. The predicted molar refractivity (Wildman–Crippen MR) is 75.0 cm³/mol. The molecule has 0 spiro atoms. The summed E-state index contributed by atoms with van der Waals surface area (Å²) >= 11 is 5.94. The highest BCUT2D eigenvalue weighted by Gasteiger charge is 2.04. The van der Waals surface area contributed by atoms with E-state index in [9.17, 15) is 4.39 Å². The topological polar surface area (TPSA) is 27.1 Å². The van der Waals surface area contributed by atoms with Crippen LogP contribution in [0.5, 0.6) is 11.5 Å². The summed E-state index contributed by atoms with van der Waals surface area (Å²) in [6.07, 6.45) is 3.32. The zero-order chi connectivity index (χ0) is 13.9. The Morgan fingerprint density at radius 2 is 1.85 bits per heavy atom. The molecule has 20 heavy (non-hydrogen) atoms. The molecule has 5 heteroatoms. The summed E-state index contributed by atoms with van der Waals surface area (Å²) in [5.74, 6) is 0.820. The zero-order valence-electron chi connectivity index (χ0n) is 10.3. The van der Waals surface area contributed by atoms with E-state index in [0.717, 1.165) is 5.69 Å². The lowest BCUT2D eigenvalue weighted by molar-refractivity contribution is 0.480. The SMILES string of the molecule is Fc1ccc(Oc2cnn(-c3cccc(Cl)c3)c2)cc1. The molecule has 0 saturated carbocycles. The summed E-state index contributed by atoms with van der Waals surface area (Å²) < 4.78 is 20.0. The lowest BCUT2D eigenvalue weighted by Gasteiger charge is -2.02. The van der Waals surface area contributed by atoms with Crippen LogP contribution in [-0.4, -0.2) is 9.78 Å². The maximum atomic E-state index is 12.8. The van der Waals surface area contributed by atoms with E-state index in [4.69, 9.17) is 16.3 Å². The van der Waals surface area contributed by atoms with Gasteiger partial charge in [-0.3, -0.25) is 0 Å². The van der Waals surface area contributed by atoms with Crippen molar-refractivity contribution in [3.63, 3.8) is 0 Å². The Hall–Kier alpha value is -2.33. The first-order valence-corrected chi connectivity index (χ1v) is 6.32. The minimum absolute atomic E-state index is 0.299. The summed E-state index contributed by atoms with van der Waals surface area (Å²) in [6.45, 7) is 0. The van der Waals surface area contributed by atoms with Gasteiger partial charge in [-0.1, -0.05) is 17.7 Å². The van der Waals surface area contributed by atoms with E-state index in [2.05, 4.69) is 5.10 Å². The number of ether oxygens (including phenoxy) is 1. The van der Waals surface area contributed by atoms with Crippen molar-refractivity contribution in [2.75, 3.05) is 0 Å². The molecule has 0 N–H and O–H groups in total. The van der Waals surface area contributed by atoms with Crippen molar-refractivity contribution < 1.29 is 9.13 Å². The van der Waals surface area contributed by atoms with Crippen molar-refractivity contribution >= 4 is 11.6 Å².